The lowest BCUT2D eigenvalue weighted by Crippen LogP contribution is -2.56. The first-order valence-electron chi connectivity index (χ1n) is 7.20. The second-order valence-corrected chi connectivity index (χ2v) is 8.20. The van der Waals surface area contributed by atoms with Crippen molar-refractivity contribution in [2.75, 3.05) is 13.4 Å². The van der Waals surface area contributed by atoms with E-state index in [1.54, 1.807) is 0 Å². The maximum Gasteiger partial charge on any atom is 0.241 e. The third-order valence-corrected chi connectivity index (χ3v) is 6.35. The van der Waals surface area contributed by atoms with E-state index in [0.29, 0.717) is 18.7 Å². The Morgan fingerprint density at radius 1 is 1.41 bits per heavy atom. The number of nitrogens with zero attached hydrogens (tertiary/aromatic N) is 1. The van der Waals surface area contributed by atoms with Gasteiger partial charge in [-0.2, -0.15) is 0 Å². The molecule has 1 amide bonds. The largest absolute Gasteiger partial charge is 0.481 e. The summed E-state index contributed by atoms with van der Waals surface area (Å²) in [6.07, 6.45) is 2.67. The van der Waals surface area contributed by atoms with Gasteiger partial charge in [0.15, 0.2) is 9.84 Å². The van der Waals surface area contributed by atoms with E-state index >= 15 is 0 Å². The van der Waals surface area contributed by atoms with Gasteiger partial charge in [-0.3, -0.25) is 4.79 Å². The van der Waals surface area contributed by atoms with E-state index in [0.717, 1.165) is 29.5 Å². The molecule has 1 saturated carbocycles. The molecule has 1 aliphatic carbocycles. The van der Waals surface area contributed by atoms with Crippen molar-refractivity contribution in [3.05, 3.63) is 22.9 Å². The highest BCUT2D eigenvalue weighted by molar-refractivity contribution is 7.93. The summed E-state index contributed by atoms with van der Waals surface area (Å²) in [5.41, 5.74) is 2.55. The molecule has 0 radical (unpaired) electrons. The maximum atomic E-state index is 12.4. The molecule has 0 bridgehead atoms. The zero-order valence-electron chi connectivity index (χ0n) is 13.4. The number of amides is 1. The fourth-order valence-electron chi connectivity index (χ4n) is 2.81. The summed E-state index contributed by atoms with van der Waals surface area (Å²) in [5.74, 6) is 0.0306. The van der Waals surface area contributed by atoms with Crippen molar-refractivity contribution in [1.29, 1.82) is 0 Å². The van der Waals surface area contributed by atoms with E-state index in [9.17, 15) is 13.2 Å². The average molecular weight is 326 g/mol. The van der Waals surface area contributed by atoms with Crippen LogP contribution in [0.2, 0.25) is 0 Å². The number of nitrogens with one attached hydrogen (secondary N) is 1. The van der Waals surface area contributed by atoms with Crippen LogP contribution in [0, 0.1) is 13.8 Å². The predicted molar refractivity (Wildman–Crippen MR) is 83.5 cm³/mol. The van der Waals surface area contributed by atoms with Crippen LogP contribution in [0.15, 0.2) is 6.07 Å². The molecule has 1 fully saturated rings. The number of sulfone groups is 1. The van der Waals surface area contributed by atoms with Gasteiger partial charge in [0.05, 0.1) is 7.11 Å². The smallest absolute Gasteiger partial charge is 0.241 e. The van der Waals surface area contributed by atoms with E-state index < -0.39 is 20.5 Å². The highest BCUT2D eigenvalue weighted by Crippen LogP contribution is 2.39. The van der Waals surface area contributed by atoms with Gasteiger partial charge in [-0.1, -0.05) is 0 Å². The van der Waals surface area contributed by atoms with Crippen LogP contribution in [-0.2, 0) is 21.2 Å². The van der Waals surface area contributed by atoms with Crippen molar-refractivity contribution in [3.63, 3.8) is 0 Å². The SMILES string of the molecule is COc1nc(C)cc(C)c1CNC(=O)C1(S(C)(=O)=O)CCC1. The Morgan fingerprint density at radius 3 is 2.50 bits per heavy atom. The molecule has 0 spiro atoms. The Hall–Kier alpha value is -1.63. The first-order valence-corrected chi connectivity index (χ1v) is 9.09. The molecule has 1 aromatic rings. The highest BCUT2D eigenvalue weighted by atomic mass is 32.2. The van der Waals surface area contributed by atoms with Gasteiger partial charge in [0, 0.05) is 24.1 Å². The lowest BCUT2D eigenvalue weighted by Gasteiger charge is -2.38. The minimum atomic E-state index is -3.42. The van der Waals surface area contributed by atoms with Crippen molar-refractivity contribution in [2.45, 2.75) is 44.4 Å². The van der Waals surface area contributed by atoms with Crippen LogP contribution in [0.1, 0.15) is 36.1 Å². The molecule has 7 heteroatoms. The van der Waals surface area contributed by atoms with Crippen LogP contribution in [-0.4, -0.2) is 37.4 Å². The number of aryl methyl sites for hydroxylation is 2. The standard InChI is InChI=1S/C15H22N2O4S/c1-10-8-11(2)17-13(21-3)12(10)9-16-14(18)15(6-5-7-15)22(4,19)20/h8H,5-7,9H2,1-4H3,(H,16,18). The van der Waals surface area contributed by atoms with Crippen LogP contribution in [0.5, 0.6) is 5.88 Å². The van der Waals surface area contributed by atoms with Gasteiger partial charge in [-0.15, -0.1) is 0 Å². The van der Waals surface area contributed by atoms with Gasteiger partial charge in [0.2, 0.25) is 11.8 Å². The molecule has 122 valence electrons. The minimum Gasteiger partial charge on any atom is -0.481 e. The summed E-state index contributed by atoms with van der Waals surface area (Å²) in [7, 11) is -1.90. The average Bonchev–Trinajstić information content (AvgIpc) is 2.33. The van der Waals surface area contributed by atoms with Gasteiger partial charge in [-0.25, -0.2) is 13.4 Å². The Labute approximate surface area is 131 Å². The van der Waals surface area contributed by atoms with E-state index in [-0.39, 0.29) is 6.54 Å². The number of ether oxygens (including phenoxy) is 1. The van der Waals surface area contributed by atoms with Gasteiger partial charge in [0.1, 0.15) is 4.75 Å². The van der Waals surface area contributed by atoms with Crippen molar-refractivity contribution in [3.8, 4) is 5.88 Å². The number of pyridine rings is 1. The zero-order chi connectivity index (χ0) is 16.5. The van der Waals surface area contributed by atoms with Gasteiger partial charge in [-0.05, 0) is 44.7 Å². The van der Waals surface area contributed by atoms with E-state index in [1.807, 2.05) is 19.9 Å². The Bertz CT molecular complexity index is 694. The fraction of sp³-hybridized carbons (Fsp3) is 0.600. The van der Waals surface area contributed by atoms with E-state index in [4.69, 9.17) is 4.74 Å². The van der Waals surface area contributed by atoms with Crippen molar-refractivity contribution in [1.82, 2.24) is 10.3 Å². The van der Waals surface area contributed by atoms with Crippen LogP contribution < -0.4 is 10.1 Å². The number of carbonyl (C=O) groups is 1. The first kappa shape index (κ1) is 16.7. The van der Waals surface area contributed by atoms with E-state index in [1.165, 1.54) is 7.11 Å². The summed E-state index contributed by atoms with van der Waals surface area (Å²) >= 11 is 0. The second kappa shape index (κ2) is 5.87. The van der Waals surface area contributed by atoms with Crippen molar-refractivity contribution in [2.24, 2.45) is 0 Å². The molecule has 22 heavy (non-hydrogen) atoms. The van der Waals surface area contributed by atoms with Crippen molar-refractivity contribution >= 4 is 15.7 Å². The number of aromatic nitrogens is 1. The van der Waals surface area contributed by atoms with Gasteiger partial charge >= 0.3 is 0 Å². The molecule has 1 heterocycles. The maximum absolute atomic E-state index is 12.4. The Morgan fingerprint density at radius 2 is 2.05 bits per heavy atom. The van der Waals surface area contributed by atoms with Crippen LogP contribution in [0.4, 0.5) is 0 Å². The normalized spacial score (nSPS) is 16.7. The number of carbonyl (C=O) groups excluding carboxylic acids is 1. The molecule has 0 atom stereocenters. The number of hydrogen-bond acceptors (Lipinski definition) is 5. The monoisotopic (exact) mass is 326 g/mol. The lowest BCUT2D eigenvalue weighted by atomic mass is 9.83. The van der Waals surface area contributed by atoms with Crippen LogP contribution >= 0.6 is 0 Å². The molecule has 1 N–H and O–H groups in total. The third-order valence-electron chi connectivity index (χ3n) is 4.34. The molecule has 0 unspecified atom stereocenters. The molecule has 6 nitrogen and oxygen atoms in total. The fourth-order valence-corrected chi connectivity index (χ4v) is 4.25. The zero-order valence-corrected chi connectivity index (χ0v) is 14.2. The summed E-state index contributed by atoms with van der Waals surface area (Å²) < 4.78 is 27.8. The second-order valence-electron chi connectivity index (χ2n) is 5.87. The van der Waals surface area contributed by atoms with Crippen LogP contribution in [0.3, 0.4) is 0 Å². The highest BCUT2D eigenvalue weighted by Gasteiger charge is 2.52. The minimum absolute atomic E-state index is 0.207. The molecular weight excluding hydrogens is 304 g/mol. The molecule has 0 aromatic carbocycles. The molecule has 1 aromatic heterocycles. The predicted octanol–water partition coefficient (Wildman–Crippen LogP) is 1.29. The van der Waals surface area contributed by atoms with Gasteiger partial charge in [0.25, 0.3) is 0 Å². The molecular formula is C15H22N2O4S. The number of hydrogen-bond donors (Lipinski definition) is 1. The topological polar surface area (TPSA) is 85.4 Å². The first-order chi connectivity index (χ1) is 10.2. The van der Waals surface area contributed by atoms with Crippen LogP contribution in [0.25, 0.3) is 0 Å². The van der Waals surface area contributed by atoms with Gasteiger partial charge < -0.3 is 10.1 Å². The molecule has 0 saturated heterocycles. The quantitative estimate of drug-likeness (QED) is 0.881. The van der Waals surface area contributed by atoms with Crippen molar-refractivity contribution < 1.29 is 17.9 Å². The number of rotatable bonds is 5. The summed E-state index contributed by atoms with van der Waals surface area (Å²) in [4.78, 5) is 16.7. The summed E-state index contributed by atoms with van der Waals surface area (Å²) in [5, 5.41) is 2.75. The molecule has 0 aliphatic heterocycles. The summed E-state index contributed by atoms with van der Waals surface area (Å²) in [6, 6.07) is 1.90. The lowest BCUT2D eigenvalue weighted by molar-refractivity contribution is -0.125. The van der Waals surface area contributed by atoms with E-state index in [2.05, 4.69) is 10.3 Å². The summed E-state index contributed by atoms with van der Waals surface area (Å²) in [6.45, 7) is 3.98. The third kappa shape index (κ3) is 2.82. The Balaban J connectivity index is 2.19. The molecule has 1 aliphatic rings. The molecule has 2 rings (SSSR count). The Kier molecular flexibility index (Phi) is 4.47. The number of methoxy groups -OCH3 is 1.